The van der Waals surface area contributed by atoms with Crippen LogP contribution in [0.15, 0.2) is 30.0 Å². The van der Waals surface area contributed by atoms with Crippen LogP contribution in [0.25, 0.3) is 5.57 Å². The maximum absolute atomic E-state index is 10.4. The summed E-state index contributed by atoms with van der Waals surface area (Å²) in [5.41, 5.74) is 8.61. The number of nitrogens with two attached hydrogens (primary N) is 1. The smallest absolute Gasteiger partial charge is 0.269 e. The summed E-state index contributed by atoms with van der Waals surface area (Å²) in [7, 11) is 0. The average Bonchev–Trinajstić information content (AvgIpc) is 2.27. The Labute approximate surface area is 88.6 Å². The Kier molecular flexibility index (Phi) is 3.44. The second-order valence-corrected chi connectivity index (χ2v) is 3.31. The molecule has 1 aromatic carbocycles. The largest absolute Gasteiger partial charge is 0.402 e. The lowest BCUT2D eigenvalue weighted by atomic mass is 10.0. The monoisotopic (exact) mass is 206 g/mol. The van der Waals surface area contributed by atoms with E-state index in [0.717, 1.165) is 23.3 Å². The fourth-order valence-corrected chi connectivity index (χ4v) is 1.28. The lowest BCUT2D eigenvalue weighted by Gasteiger charge is -2.05. The van der Waals surface area contributed by atoms with Gasteiger partial charge in [0.05, 0.1) is 4.92 Å². The van der Waals surface area contributed by atoms with Gasteiger partial charge in [-0.25, -0.2) is 0 Å². The number of hydrogen-bond acceptors (Lipinski definition) is 3. The third-order valence-corrected chi connectivity index (χ3v) is 2.37. The molecule has 0 saturated heterocycles. The Morgan fingerprint density at radius 1 is 1.40 bits per heavy atom. The summed E-state index contributed by atoms with van der Waals surface area (Å²) in [5.74, 6) is 0. The third-order valence-electron chi connectivity index (χ3n) is 2.37. The van der Waals surface area contributed by atoms with Crippen molar-refractivity contribution in [2.45, 2.75) is 20.3 Å². The first kappa shape index (κ1) is 11.2. The minimum Gasteiger partial charge on any atom is -0.402 e. The Hall–Kier alpha value is -1.84. The molecule has 1 aromatic rings. The zero-order valence-electron chi connectivity index (χ0n) is 8.86. The van der Waals surface area contributed by atoms with Gasteiger partial charge < -0.3 is 5.73 Å². The van der Waals surface area contributed by atoms with Crippen molar-refractivity contribution in [3.8, 4) is 0 Å². The lowest BCUT2D eigenvalue weighted by Crippen LogP contribution is -1.98. The number of allylic oxidation sites excluding steroid dienone is 2. The molecule has 0 bridgehead atoms. The van der Waals surface area contributed by atoms with Crippen LogP contribution in [-0.2, 0) is 0 Å². The molecule has 0 aliphatic rings. The molecule has 4 heteroatoms. The highest BCUT2D eigenvalue weighted by atomic mass is 16.6. The Balaban J connectivity index is 3.04. The lowest BCUT2D eigenvalue weighted by molar-refractivity contribution is -0.384. The summed E-state index contributed by atoms with van der Waals surface area (Å²) in [5, 5.41) is 10.4. The molecule has 0 fully saturated rings. The van der Waals surface area contributed by atoms with Crippen molar-refractivity contribution in [3.63, 3.8) is 0 Å². The molecule has 2 N–H and O–H groups in total. The maximum atomic E-state index is 10.4. The van der Waals surface area contributed by atoms with E-state index < -0.39 is 4.92 Å². The third kappa shape index (κ3) is 2.56. The minimum atomic E-state index is -0.411. The van der Waals surface area contributed by atoms with E-state index in [1.165, 1.54) is 12.1 Å². The van der Waals surface area contributed by atoms with Gasteiger partial charge in [0.15, 0.2) is 0 Å². The van der Waals surface area contributed by atoms with Gasteiger partial charge in [-0.1, -0.05) is 6.92 Å². The van der Waals surface area contributed by atoms with Crippen LogP contribution in [0.3, 0.4) is 0 Å². The summed E-state index contributed by atoms with van der Waals surface area (Å²) in [6.07, 6.45) is 0.781. The van der Waals surface area contributed by atoms with Crippen molar-refractivity contribution < 1.29 is 4.92 Å². The summed E-state index contributed by atoms with van der Waals surface area (Å²) in [4.78, 5) is 10.0. The standard InChI is InChI=1S/C11H14N2O2/c1-3-11(12)8(2)9-4-6-10(7-5-9)13(14)15/h4-7H,3,12H2,1-2H3/b11-8-. The molecule has 0 radical (unpaired) electrons. The zero-order valence-corrected chi connectivity index (χ0v) is 8.86. The predicted octanol–water partition coefficient (Wildman–Crippen LogP) is 2.69. The van der Waals surface area contributed by atoms with Crippen molar-refractivity contribution in [1.29, 1.82) is 0 Å². The molecule has 0 aliphatic carbocycles. The molecule has 0 aromatic heterocycles. The first-order chi connectivity index (χ1) is 7.06. The van der Waals surface area contributed by atoms with E-state index in [0.29, 0.717) is 0 Å². The molecule has 80 valence electrons. The van der Waals surface area contributed by atoms with Crippen LogP contribution in [0.1, 0.15) is 25.8 Å². The van der Waals surface area contributed by atoms with Crippen molar-refractivity contribution in [2.75, 3.05) is 0 Å². The van der Waals surface area contributed by atoms with Crippen LogP contribution < -0.4 is 5.73 Å². The van der Waals surface area contributed by atoms with Gasteiger partial charge in [0.25, 0.3) is 5.69 Å². The molecule has 0 heterocycles. The maximum Gasteiger partial charge on any atom is 0.269 e. The number of nitrogens with zero attached hydrogens (tertiary/aromatic N) is 1. The first-order valence-electron chi connectivity index (χ1n) is 4.76. The number of benzene rings is 1. The van der Waals surface area contributed by atoms with Gasteiger partial charge in [0.2, 0.25) is 0 Å². The normalized spacial score (nSPS) is 12.1. The number of nitro groups is 1. The van der Waals surface area contributed by atoms with E-state index in [2.05, 4.69) is 0 Å². The minimum absolute atomic E-state index is 0.0987. The van der Waals surface area contributed by atoms with Gasteiger partial charge in [-0.3, -0.25) is 10.1 Å². The first-order valence-corrected chi connectivity index (χ1v) is 4.76. The van der Waals surface area contributed by atoms with E-state index in [-0.39, 0.29) is 5.69 Å². The Bertz CT molecular complexity index is 394. The van der Waals surface area contributed by atoms with Crippen LogP contribution in [-0.4, -0.2) is 4.92 Å². The average molecular weight is 206 g/mol. The summed E-state index contributed by atoms with van der Waals surface area (Å²) in [6.45, 7) is 3.89. The van der Waals surface area contributed by atoms with Crippen LogP contribution in [0.4, 0.5) is 5.69 Å². The van der Waals surface area contributed by atoms with Crippen molar-refractivity contribution in [3.05, 3.63) is 45.6 Å². The number of rotatable bonds is 3. The van der Waals surface area contributed by atoms with Crippen LogP contribution in [0.2, 0.25) is 0 Å². The Morgan fingerprint density at radius 2 is 1.93 bits per heavy atom. The molecular formula is C11H14N2O2. The van der Waals surface area contributed by atoms with E-state index >= 15 is 0 Å². The van der Waals surface area contributed by atoms with E-state index in [1.807, 2.05) is 13.8 Å². The number of nitro benzene ring substituents is 1. The van der Waals surface area contributed by atoms with E-state index in [9.17, 15) is 10.1 Å². The molecular weight excluding hydrogens is 192 g/mol. The van der Waals surface area contributed by atoms with Crippen LogP contribution in [0.5, 0.6) is 0 Å². The van der Waals surface area contributed by atoms with Gasteiger partial charge in [0, 0.05) is 17.8 Å². The van der Waals surface area contributed by atoms with Gasteiger partial charge in [-0.15, -0.1) is 0 Å². The fraction of sp³-hybridized carbons (Fsp3) is 0.273. The van der Waals surface area contributed by atoms with Crippen LogP contribution >= 0.6 is 0 Å². The second-order valence-electron chi connectivity index (χ2n) is 3.31. The Morgan fingerprint density at radius 3 is 2.33 bits per heavy atom. The molecule has 1 rings (SSSR count). The highest BCUT2D eigenvalue weighted by molar-refractivity contribution is 5.67. The zero-order chi connectivity index (χ0) is 11.4. The highest BCUT2D eigenvalue weighted by Crippen LogP contribution is 2.20. The highest BCUT2D eigenvalue weighted by Gasteiger charge is 2.05. The number of hydrogen-bond donors (Lipinski definition) is 1. The summed E-state index contributed by atoms with van der Waals surface area (Å²) < 4.78 is 0. The molecule has 0 saturated carbocycles. The molecule has 0 atom stereocenters. The summed E-state index contributed by atoms with van der Waals surface area (Å²) >= 11 is 0. The topological polar surface area (TPSA) is 69.2 Å². The van der Waals surface area contributed by atoms with Crippen LogP contribution in [0, 0.1) is 10.1 Å². The van der Waals surface area contributed by atoms with Gasteiger partial charge in [0.1, 0.15) is 0 Å². The number of non-ortho nitro benzene ring substituents is 1. The molecule has 0 aliphatic heterocycles. The SMILES string of the molecule is CC/C(N)=C(\C)c1ccc([N+](=O)[O-])cc1. The molecule has 0 unspecified atom stereocenters. The van der Waals surface area contributed by atoms with Crippen molar-refractivity contribution >= 4 is 11.3 Å². The van der Waals surface area contributed by atoms with Crippen molar-refractivity contribution in [2.24, 2.45) is 5.73 Å². The van der Waals surface area contributed by atoms with E-state index in [4.69, 9.17) is 5.73 Å². The van der Waals surface area contributed by atoms with Gasteiger partial charge >= 0.3 is 0 Å². The molecule has 15 heavy (non-hydrogen) atoms. The predicted molar refractivity (Wildman–Crippen MR) is 60.2 cm³/mol. The molecule has 0 amide bonds. The fourth-order valence-electron chi connectivity index (χ4n) is 1.28. The summed E-state index contributed by atoms with van der Waals surface area (Å²) in [6, 6.07) is 6.41. The molecule has 0 spiro atoms. The second kappa shape index (κ2) is 4.59. The van der Waals surface area contributed by atoms with Gasteiger partial charge in [-0.05, 0) is 36.6 Å². The molecule has 4 nitrogen and oxygen atoms in total. The quantitative estimate of drug-likeness (QED) is 0.610. The van der Waals surface area contributed by atoms with E-state index in [1.54, 1.807) is 12.1 Å². The van der Waals surface area contributed by atoms with Gasteiger partial charge in [-0.2, -0.15) is 0 Å². The van der Waals surface area contributed by atoms with Crippen molar-refractivity contribution in [1.82, 2.24) is 0 Å².